The summed E-state index contributed by atoms with van der Waals surface area (Å²) in [6, 6.07) is 11.6. The summed E-state index contributed by atoms with van der Waals surface area (Å²) in [6.07, 6.45) is 7.34. The molecule has 0 aliphatic carbocycles. The molecule has 0 spiro atoms. The summed E-state index contributed by atoms with van der Waals surface area (Å²) in [7, 11) is 0. The highest BCUT2D eigenvalue weighted by Crippen LogP contribution is 2.27. The van der Waals surface area contributed by atoms with E-state index in [0.717, 1.165) is 29.8 Å². The summed E-state index contributed by atoms with van der Waals surface area (Å²) in [4.78, 5) is 19.3. The van der Waals surface area contributed by atoms with Crippen molar-refractivity contribution in [3.63, 3.8) is 0 Å². The Morgan fingerprint density at radius 3 is 2.86 bits per heavy atom. The molecule has 1 fully saturated rings. The molecule has 0 saturated carbocycles. The van der Waals surface area contributed by atoms with Crippen molar-refractivity contribution in [3.05, 3.63) is 60.1 Å². The van der Waals surface area contributed by atoms with Gasteiger partial charge >= 0.3 is 6.03 Å². The number of carbonyl (C=O) groups is 1. The van der Waals surface area contributed by atoms with Gasteiger partial charge in [0.2, 0.25) is 0 Å². The van der Waals surface area contributed by atoms with E-state index in [4.69, 9.17) is 4.42 Å². The molecule has 2 N–H and O–H groups in total. The number of nitrogens with zero attached hydrogens (tertiary/aromatic N) is 2. The van der Waals surface area contributed by atoms with Gasteiger partial charge < -0.3 is 15.1 Å². The van der Waals surface area contributed by atoms with Crippen LogP contribution in [0.3, 0.4) is 0 Å². The summed E-state index contributed by atoms with van der Waals surface area (Å²) in [6.45, 7) is 4.54. The molecule has 1 aliphatic rings. The highest BCUT2D eigenvalue weighted by atomic mass is 16.3. The molecule has 2 aromatic heterocycles. The predicted octanol–water partition coefficient (Wildman–Crippen LogP) is 4.48. The minimum absolute atomic E-state index is 0.126. The topological polar surface area (TPSA) is 70.4 Å². The molecule has 1 atom stereocenters. The molecule has 1 aromatic carbocycles. The Bertz CT molecular complexity index is 932. The fourth-order valence-corrected chi connectivity index (χ4v) is 3.91. The summed E-state index contributed by atoms with van der Waals surface area (Å²) >= 11 is 0. The third-order valence-electron chi connectivity index (χ3n) is 5.27. The number of piperidine rings is 1. The summed E-state index contributed by atoms with van der Waals surface area (Å²) < 4.78 is 5.73. The van der Waals surface area contributed by atoms with Gasteiger partial charge in [0.05, 0.1) is 11.7 Å². The molecular formula is C22H26N4O2. The first-order valence-corrected chi connectivity index (χ1v) is 9.89. The van der Waals surface area contributed by atoms with Gasteiger partial charge in [-0.15, -0.1) is 0 Å². The second-order valence-electron chi connectivity index (χ2n) is 7.31. The Labute approximate surface area is 164 Å². The molecule has 146 valence electrons. The summed E-state index contributed by atoms with van der Waals surface area (Å²) in [5.41, 5.74) is 2.52. The first kappa shape index (κ1) is 18.5. The van der Waals surface area contributed by atoms with Crippen LogP contribution in [0.4, 0.5) is 10.5 Å². The number of carbonyl (C=O) groups excluding carboxylic acids is 1. The highest BCUT2D eigenvalue weighted by Gasteiger charge is 2.23. The second kappa shape index (κ2) is 8.44. The molecule has 0 bridgehead atoms. The van der Waals surface area contributed by atoms with Gasteiger partial charge in [0.25, 0.3) is 0 Å². The van der Waals surface area contributed by atoms with Gasteiger partial charge in [0, 0.05) is 24.3 Å². The maximum atomic E-state index is 12.6. The molecule has 1 aliphatic heterocycles. The third-order valence-corrected chi connectivity index (χ3v) is 5.27. The Hall–Kier alpha value is -2.86. The zero-order valence-electron chi connectivity index (χ0n) is 16.1. The molecule has 28 heavy (non-hydrogen) atoms. The number of anilines is 1. The van der Waals surface area contributed by atoms with Crippen LogP contribution in [-0.4, -0.2) is 35.5 Å². The number of para-hydroxylation sites is 1. The van der Waals surface area contributed by atoms with Crippen LogP contribution in [0, 0.1) is 6.92 Å². The van der Waals surface area contributed by atoms with Gasteiger partial charge in [-0.25, -0.2) is 4.79 Å². The number of furan rings is 1. The molecular weight excluding hydrogens is 352 g/mol. The van der Waals surface area contributed by atoms with Crippen LogP contribution < -0.4 is 10.6 Å². The summed E-state index contributed by atoms with van der Waals surface area (Å²) in [5, 5.41) is 6.95. The Kier molecular flexibility index (Phi) is 5.58. The minimum Gasteiger partial charge on any atom is -0.459 e. The fourth-order valence-electron chi connectivity index (χ4n) is 3.91. The monoisotopic (exact) mass is 378 g/mol. The average molecular weight is 378 g/mol. The number of likely N-dealkylation sites (tertiary alicyclic amines) is 1. The molecule has 6 nitrogen and oxygen atoms in total. The van der Waals surface area contributed by atoms with Crippen LogP contribution in [-0.2, 0) is 0 Å². The highest BCUT2D eigenvalue weighted by molar-refractivity contribution is 5.99. The maximum Gasteiger partial charge on any atom is 0.319 e. The van der Waals surface area contributed by atoms with Gasteiger partial charge in [-0.1, -0.05) is 24.6 Å². The van der Waals surface area contributed by atoms with Crippen molar-refractivity contribution in [2.45, 2.75) is 32.2 Å². The van der Waals surface area contributed by atoms with E-state index in [0.29, 0.717) is 17.8 Å². The van der Waals surface area contributed by atoms with Gasteiger partial charge in [-0.05, 0) is 56.6 Å². The molecule has 2 amide bonds. The number of rotatable bonds is 5. The molecule has 1 saturated heterocycles. The normalized spacial score (nSPS) is 16.0. The molecule has 4 rings (SSSR count). The number of aromatic nitrogens is 1. The number of urea groups is 1. The molecule has 6 heteroatoms. The SMILES string of the molecule is Cc1cc2cccc(NC(=O)NCC(c3cccnc3)N3CCCCC3)c2o1. The van der Waals surface area contributed by atoms with Crippen LogP contribution in [0.5, 0.6) is 0 Å². The van der Waals surface area contributed by atoms with E-state index in [1.165, 1.54) is 19.3 Å². The van der Waals surface area contributed by atoms with Crippen molar-refractivity contribution >= 4 is 22.7 Å². The lowest BCUT2D eigenvalue weighted by molar-refractivity contribution is 0.161. The van der Waals surface area contributed by atoms with E-state index in [2.05, 4.69) is 26.6 Å². The van der Waals surface area contributed by atoms with Gasteiger partial charge in [-0.2, -0.15) is 0 Å². The van der Waals surface area contributed by atoms with E-state index in [-0.39, 0.29) is 12.1 Å². The number of amides is 2. The number of pyridine rings is 1. The summed E-state index contributed by atoms with van der Waals surface area (Å²) in [5.74, 6) is 0.825. The van der Waals surface area contributed by atoms with Crippen LogP contribution in [0.1, 0.15) is 36.6 Å². The zero-order chi connectivity index (χ0) is 19.3. The van der Waals surface area contributed by atoms with E-state index >= 15 is 0 Å². The molecule has 1 unspecified atom stereocenters. The zero-order valence-corrected chi connectivity index (χ0v) is 16.1. The smallest absolute Gasteiger partial charge is 0.319 e. The van der Waals surface area contributed by atoms with Gasteiger partial charge in [-0.3, -0.25) is 9.88 Å². The van der Waals surface area contributed by atoms with Crippen LogP contribution in [0.2, 0.25) is 0 Å². The van der Waals surface area contributed by atoms with Crippen molar-refractivity contribution < 1.29 is 9.21 Å². The molecule has 3 aromatic rings. The maximum absolute atomic E-state index is 12.6. The Morgan fingerprint density at radius 1 is 1.21 bits per heavy atom. The molecule has 0 radical (unpaired) electrons. The Morgan fingerprint density at radius 2 is 2.07 bits per heavy atom. The number of aryl methyl sites for hydroxylation is 1. The van der Waals surface area contributed by atoms with E-state index in [1.807, 2.05) is 43.5 Å². The number of nitrogens with one attached hydrogen (secondary N) is 2. The van der Waals surface area contributed by atoms with Crippen molar-refractivity contribution in [3.8, 4) is 0 Å². The first-order chi connectivity index (χ1) is 13.7. The number of hydrogen-bond donors (Lipinski definition) is 2. The lowest BCUT2D eigenvalue weighted by Gasteiger charge is -2.34. The van der Waals surface area contributed by atoms with E-state index in [1.54, 1.807) is 6.20 Å². The Balaban J connectivity index is 1.45. The number of fused-ring (bicyclic) bond motifs is 1. The predicted molar refractivity (Wildman–Crippen MR) is 110 cm³/mol. The minimum atomic E-state index is -0.229. The van der Waals surface area contributed by atoms with Crippen molar-refractivity contribution in [1.29, 1.82) is 0 Å². The first-order valence-electron chi connectivity index (χ1n) is 9.89. The second-order valence-corrected chi connectivity index (χ2v) is 7.31. The van der Waals surface area contributed by atoms with Gasteiger partial charge in [0.1, 0.15) is 5.76 Å². The van der Waals surface area contributed by atoms with Crippen LogP contribution in [0.25, 0.3) is 11.0 Å². The largest absolute Gasteiger partial charge is 0.459 e. The molecule has 3 heterocycles. The van der Waals surface area contributed by atoms with Crippen LogP contribution >= 0.6 is 0 Å². The van der Waals surface area contributed by atoms with Gasteiger partial charge in [0.15, 0.2) is 5.58 Å². The quantitative estimate of drug-likeness (QED) is 0.686. The fraction of sp³-hybridized carbons (Fsp3) is 0.364. The standard InChI is InChI=1S/C22H26N4O2/c1-16-13-17-7-5-9-19(21(17)28-16)25-22(27)24-15-20(18-8-6-10-23-14-18)26-11-3-2-4-12-26/h5-10,13-14,20H,2-4,11-12,15H2,1H3,(H2,24,25,27). The number of hydrogen-bond acceptors (Lipinski definition) is 4. The van der Waals surface area contributed by atoms with E-state index in [9.17, 15) is 4.79 Å². The van der Waals surface area contributed by atoms with E-state index < -0.39 is 0 Å². The van der Waals surface area contributed by atoms with Crippen molar-refractivity contribution in [1.82, 2.24) is 15.2 Å². The van der Waals surface area contributed by atoms with Crippen LogP contribution in [0.15, 0.2) is 53.2 Å². The lowest BCUT2D eigenvalue weighted by Crippen LogP contribution is -2.41. The average Bonchev–Trinajstić information content (AvgIpc) is 3.11. The van der Waals surface area contributed by atoms with Crippen molar-refractivity contribution in [2.24, 2.45) is 0 Å². The third kappa shape index (κ3) is 4.17. The van der Waals surface area contributed by atoms with Crippen molar-refractivity contribution in [2.75, 3.05) is 25.0 Å². The lowest BCUT2D eigenvalue weighted by atomic mass is 10.0. The number of benzene rings is 1.